The van der Waals surface area contributed by atoms with Gasteiger partial charge in [0.1, 0.15) is 11.5 Å². The van der Waals surface area contributed by atoms with E-state index in [0.717, 1.165) is 10.0 Å². The van der Waals surface area contributed by atoms with Crippen LogP contribution in [0.2, 0.25) is 0 Å². The van der Waals surface area contributed by atoms with Crippen LogP contribution in [0.1, 0.15) is 21.5 Å². The summed E-state index contributed by atoms with van der Waals surface area (Å²) in [7, 11) is 1.50. The van der Waals surface area contributed by atoms with Crippen molar-refractivity contribution in [3.8, 4) is 11.5 Å². The van der Waals surface area contributed by atoms with Crippen LogP contribution in [0.4, 0.5) is 13.2 Å². The maximum absolute atomic E-state index is 12.6. The van der Waals surface area contributed by atoms with E-state index in [1.165, 1.54) is 31.4 Å². The van der Waals surface area contributed by atoms with Gasteiger partial charge in [0.25, 0.3) is 5.91 Å². The van der Waals surface area contributed by atoms with Crippen molar-refractivity contribution in [2.24, 2.45) is 0 Å². The highest BCUT2D eigenvalue weighted by molar-refractivity contribution is 9.10. The van der Waals surface area contributed by atoms with E-state index in [2.05, 4.69) is 20.7 Å². The molecule has 132 valence electrons. The summed E-state index contributed by atoms with van der Waals surface area (Å²) < 4.78 is 46.5. The molecular formula is C17H13BrF3NO3. The van der Waals surface area contributed by atoms with E-state index in [1.807, 2.05) is 6.07 Å². The molecule has 1 amide bonds. The van der Waals surface area contributed by atoms with Crippen LogP contribution in [0.15, 0.2) is 40.9 Å². The third kappa shape index (κ3) is 3.89. The maximum atomic E-state index is 12.6. The van der Waals surface area contributed by atoms with Gasteiger partial charge in [-0.05, 0) is 35.4 Å². The highest BCUT2D eigenvalue weighted by Gasteiger charge is 2.32. The highest BCUT2D eigenvalue weighted by atomic mass is 79.9. The van der Waals surface area contributed by atoms with Crippen molar-refractivity contribution in [2.75, 3.05) is 7.11 Å². The number of alkyl halides is 3. The Morgan fingerprint density at radius 3 is 2.48 bits per heavy atom. The highest BCUT2D eigenvalue weighted by Crippen LogP contribution is 2.35. The van der Waals surface area contributed by atoms with Gasteiger partial charge in [0, 0.05) is 17.6 Å². The summed E-state index contributed by atoms with van der Waals surface area (Å²) in [5.41, 5.74) is 2.06. The number of carbonyl (C=O) groups is 1. The third-order valence-electron chi connectivity index (χ3n) is 3.76. The summed E-state index contributed by atoms with van der Waals surface area (Å²) in [6, 6.07) is 9.05. The van der Waals surface area contributed by atoms with E-state index in [4.69, 9.17) is 4.74 Å². The second-order valence-electron chi connectivity index (χ2n) is 5.50. The minimum absolute atomic E-state index is 0.171. The van der Waals surface area contributed by atoms with Crippen molar-refractivity contribution in [1.29, 1.82) is 0 Å². The van der Waals surface area contributed by atoms with Crippen LogP contribution < -0.4 is 9.47 Å². The minimum Gasteiger partial charge on any atom is -0.496 e. The number of ether oxygens (including phenoxy) is 2. The Morgan fingerprint density at radius 1 is 1.20 bits per heavy atom. The number of rotatable bonds is 4. The molecule has 2 aromatic carbocycles. The second-order valence-corrected chi connectivity index (χ2v) is 6.41. The average Bonchev–Trinajstić information content (AvgIpc) is 2.83. The van der Waals surface area contributed by atoms with E-state index in [1.54, 1.807) is 11.0 Å². The van der Waals surface area contributed by atoms with Crippen LogP contribution >= 0.6 is 15.9 Å². The molecule has 1 aliphatic rings. The monoisotopic (exact) mass is 415 g/mol. The van der Waals surface area contributed by atoms with E-state index in [9.17, 15) is 18.0 Å². The lowest BCUT2D eigenvalue weighted by Gasteiger charge is -2.16. The predicted octanol–water partition coefficient (Wildman–Crippen LogP) is 4.51. The minimum atomic E-state index is -4.72. The first-order valence-corrected chi connectivity index (χ1v) is 8.06. The van der Waals surface area contributed by atoms with Gasteiger partial charge in [-0.2, -0.15) is 0 Å². The van der Waals surface area contributed by atoms with Crippen LogP contribution in [0.25, 0.3) is 0 Å². The lowest BCUT2D eigenvalue weighted by atomic mass is 10.1. The molecule has 1 aliphatic heterocycles. The molecule has 0 N–H and O–H groups in total. The van der Waals surface area contributed by atoms with Crippen LogP contribution in [-0.2, 0) is 13.1 Å². The van der Waals surface area contributed by atoms with Crippen molar-refractivity contribution >= 4 is 21.8 Å². The van der Waals surface area contributed by atoms with Crippen molar-refractivity contribution in [1.82, 2.24) is 4.90 Å². The van der Waals surface area contributed by atoms with E-state index < -0.39 is 6.36 Å². The van der Waals surface area contributed by atoms with Crippen LogP contribution in [0.5, 0.6) is 11.5 Å². The molecule has 0 spiro atoms. The zero-order chi connectivity index (χ0) is 18.2. The standard InChI is InChI=1S/C17H13BrF3NO3/c1-24-14-7-12(18)6-11-9-22(16(23)15(11)14)8-10-2-4-13(5-3-10)25-17(19,20)21/h2-7H,8-9H2,1H3. The van der Waals surface area contributed by atoms with E-state index >= 15 is 0 Å². The average molecular weight is 416 g/mol. The molecule has 2 aromatic rings. The van der Waals surface area contributed by atoms with Gasteiger partial charge >= 0.3 is 6.36 Å². The van der Waals surface area contributed by atoms with Crippen LogP contribution in [0, 0.1) is 0 Å². The largest absolute Gasteiger partial charge is 0.573 e. The molecular weight excluding hydrogens is 403 g/mol. The van der Waals surface area contributed by atoms with Gasteiger partial charge in [-0.3, -0.25) is 4.79 Å². The summed E-state index contributed by atoms with van der Waals surface area (Å²) >= 11 is 3.38. The summed E-state index contributed by atoms with van der Waals surface area (Å²) in [6.45, 7) is 0.686. The fraction of sp³-hybridized carbons (Fsp3) is 0.235. The molecule has 0 fully saturated rings. The third-order valence-corrected chi connectivity index (χ3v) is 4.22. The summed E-state index contributed by atoms with van der Waals surface area (Å²) in [6.07, 6.45) is -4.72. The number of hydrogen-bond donors (Lipinski definition) is 0. The first-order valence-electron chi connectivity index (χ1n) is 7.27. The summed E-state index contributed by atoms with van der Waals surface area (Å²) in [5.74, 6) is 0.0265. The van der Waals surface area contributed by atoms with Crippen molar-refractivity contribution in [3.05, 3.63) is 57.6 Å². The quantitative estimate of drug-likeness (QED) is 0.737. The lowest BCUT2D eigenvalue weighted by molar-refractivity contribution is -0.274. The molecule has 0 bridgehead atoms. The van der Waals surface area contributed by atoms with Gasteiger partial charge in [0.05, 0.1) is 12.7 Å². The van der Waals surface area contributed by atoms with Gasteiger partial charge in [-0.1, -0.05) is 28.1 Å². The number of halogens is 4. The molecule has 0 radical (unpaired) electrons. The SMILES string of the molecule is COc1cc(Br)cc2c1C(=O)N(Cc1ccc(OC(F)(F)F)cc1)C2. The Bertz CT molecular complexity index is 806. The van der Waals surface area contributed by atoms with Crippen molar-refractivity contribution in [2.45, 2.75) is 19.5 Å². The molecule has 8 heteroatoms. The van der Waals surface area contributed by atoms with E-state index in [-0.39, 0.29) is 18.2 Å². The molecule has 0 unspecified atom stereocenters. The second kappa shape index (κ2) is 6.59. The van der Waals surface area contributed by atoms with Crippen LogP contribution in [0.3, 0.4) is 0 Å². The number of amides is 1. The Kier molecular flexibility index (Phi) is 4.64. The first kappa shape index (κ1) is 17.6. The zero-order valence-electron chi connectivity index (χ0n) is 13.1. The number of nitrogens with zero attached hydrogens (tertiary/aromatic N) is 1. The van der Waals surface area contributed by atoms with Gasteiger partial charge in [0.2, 0.25) is 0 Å². The van der Waals surface area contributed by atoms with Gasteiger partial charge in [-0.15, -0.1) is 13.2 Å². The lowest BCUT2D eigenvalue weighted by Crippen LogP contribution is -2.23. The maximum Gasteiger partial charge on any atom is 0.573 e. The van der Waals surface area contributed by atoms with Crippen molar-refractivity contribution in [3.63, 3.8) is 0 Å². The molecule has 0 atom stereocenters. The first-order chi connectivity index (χ1) is 11.8. The van der Waals surface area contributed by atoms with Gasteiger partial charge < -0.3 is 14.4 Å². The van der Waals surface area contributed by atoms with Gasteiger partial charge in [0.15, 0.2) is 0 Å². The molecule has 1 heterocycles. The zero-order valence-corrected chi connectivity index (χ0v) is 14.6. The fourth-order valence-corrected chi connectivity index (χ4v) is 3.23. The Morgan fingerprint density at radius 2 is 1.88 bits per heavy atom. The number of fused-ring (bicyclic) bond motifs is 1. The summed E-state index contributed by atoms with van der Waals surface area (Å²) in [4.78, 5) is 14.2. The molecule has 3 rings (SSSR count). The molecule has 4 nitrogen and oxygen atoms in total. The molecule has 0 aliphatic carbocycles. The fourth-order valence-electron chi connectivity index (χ4n) is 2.74. The molecule has 0 saturated carbocycles. The Labute approximate surface area is 150 Å². The topological polar surface area (TPSA) is 38.8 Å². The number of methoxy groups -OCH3 is 1. The molecule has 25 heavy (non-hydrogen) atoms. The van der Waals surface area contributed by atoms with Gasteiger partial charge in [-0.25, -0.2) is 0 Å². The van der Waals surface area contributed by atoms with Crippen LogP contribution in [-0.4, -0.2) is 24.3 Å². The summed E-state index contributed by atoms with van der Waals surface area (Å²) in [5, 5.41) is 0. The number of benzene rings is 2. The van der Waals surface area contributed by atoms with E-state index in [0.29, 0.717) is 23.4 Å². The normalized spacial score (nSPS) is 13.8. The number of carbonyl (C=O) groups excluding carboxylic acids is 1. The molecule has 0 aromatic heterocycles. The van der Waals surface area contributed by atoms with Crippen molar-refractivity contribution < 1.29 is 27.4 Å². The Balaban J connectivity index is 1.75. The predicted molar refractivity (Wildman–Crippen MR) is 87.4 cm³/mol. The molecule has 0 saturated heterocycles. The Hall–Kier alpha value is -2.22. The number of hydrogen-bond acceptors (Lipinski definition) is 3. The smallest absolute Gasteiger partial charge is 0.496 e.